The first kappa shape index (κ1) is 17.7. The van der Waals surface area contributed by atoms with E-state index in [1.165, 1.54) is 16.5 Å². The van der Waals surface area contributed by atoms with Crippen molar-refractivity contribution in [3.63, 3.8) is 0 Å². The van der Waals surface area contributed by atoms with Crippen molar-refractivity contribution in [3.8, 4) is 0 Å². The topological polar surface area (TPSA) is 23.8 Å². The number of nitrogens with zero attached hydrogens (tertiary/aromatic N) is 4. The molecule has 2 heterocycles. The molecule has 0 amide bonds. The molecule has 1 fully saturated rings. The van der Waals surface area contributed by atoms with E-state index in [2.05, 4.69) is 82.9 Å². The highest BCUT2D eigenvalue weighted by Gasteiger charge is 2.15. The van der Waals surface area contributed by atoms with Crippen LogP contribution in [-0.4, -0.2) is 60.5 Å². The average Bonchev–Trinajstić information content (AvgIpc) is 3.03. The highest BCUT2D eigenvalue weighted by molar-refractivity contribution is 5.93. The largest absolute Gasteiger partial charge is 0.354 e. The van der Waals surface area contributed by atoms with Crippen LogP contribution in [0.4, 0.5) is 0 Å². The van der Waals surface area contributed by atoms with E-state index in [1.807, 2.05) is 7.05 Å². The monoisotopic (exact) mass is 338 g/mol. The second kappa shape index (κ2) is 7.87. The van der Waals surface area contributed by atoms with Crippen LogP contribution in [0.15, 0.2) is 47.6 Å². The van der Waals surface area contributed by atoms with E-state index in [9.17, 15) is 0 Å². The molecule has 1 saturated heterocycles. The molecule has 3 rings (SSSR count). The van der Waals surface area contributed by atoms with Crippen molar-refractivity contribution < 1.29 is 0 Å². The van der Waals surface area contributed by atoms with E-state index >= 15 is 0 Å². The van der Waals surface area contributed by atoms with Gasteiger partial charge in [0.2, 0.25) is 0 Å². The van der Waals surface area contributed by atoms with Gasteiger partial charge in [-0.2, -0.15) is 0 Å². The minimum atomic E-state index is 0.486. The van der Waals surface area contributed by atoms with E-state index in [4.69, 9.17) is 0 Å². The Balaban J connectivity index is 1.68. The smallest absolute Gasteiger partial charge is 0.122 e. The fraction of sp³-hybridized carbons (Fsp3) is 0.476. The molecule has 0 atom stereocenters. The summed E-state index contributed by atoms with van der Waals surface area (Å²) in [7, 11) is 4.07. The van der Waals surface area contributed by atoms with Crippen molar-refractivity contribution in [2.45, 2.75) is 26.3 Å². The molecule has 2 aromatic rings. The number of piperazine rings is 1. The van der Waals surface area contributed by atoms with Crippen LogP contribution in [0, 0.1) is 0 Å². The normalized spacial score (nSPS) is 17.3. The van der Waals surface area contributed by atoms with Crippen molar-refractivity contribution >= 4 is 16.7 Å². The van der Waals surface area contributed by atoms with E-state index in [0.29, 0.717) is 6.04 Å². The van der Waals surface area contributed by atoms with Crippen molar-refractivity contribution in [3.05, 3.63) is 48.2 Å². The molecule has 0 unspecified atom stereocenters. The third-order valence-electron chi connectivity index (χ3n) is 5.02. The summed E-state index contributed by atoms with van der Waals surface area (Å²) in [5.41, 5.74) is 2.67. The predicted octanol–water partition coefficient (Wildman–Crippen LogP) is 3.60. The summed E-state index contributed by atoms with van der Waals surface area (Å²) < 4.78 is 2.34. The third-order valence-corrected chi connectivity index (χ3v) is 5.02. The Morgan fingerprint density at radius 1 is 1.16 bits per heavy atom. The van der Waals surface area contributed by atoms with Crippen molar-refractivity contribution in [2.75, 3.05) is 40.3 Å². The number of aliphatic imine (C=N–C) groups is 1. The van der Waals surface area contributed by atoms with E-state index in [1.54, 1.807) is 0 Å². The maximum atomic E-state index is 4.48. The van der Waals surface area contributed by atoms with Gasteiger partial charge in [-0.25, -0.2) is 0 Å². The van der Waals surface area contributed by atoms with Gasteiger partial charge < -0.3 is 14.4 Å². The summed E-state index contributed by atoms with van der Waals surface area (Å²) in [5, 5.41) is 1.31. The highest BCUT2D eigenvalue weighted by atomic mass is 15.3. The Kier molecular flexibility index (Phi) is 5.59. The van der Waals surface area contributed by atoms with E-state index in [-0.39, 0.29) is 0 Å². The standard InChI is InChI=1S/C21H30N4/c1-17(2)25-11-10-19-9-8-18(16-20(19)25)6-5-7-21(22-3)24-14-12-23(4)13-15-24/h5,7-11,16-17H,6,12-15H2,1-4H3/b7-5-,22-21+. The summed E-state index contributed by atoms with van der Waals surface area (Å²) in [4.78, 5) is 9.23. The second-order valence-electron chi connectivity index (χ2n) is 7.19. The van der Waals surface area contributed by atoms with Crippen LogP contribution in [0.1, 0.15) is 25.5 Å². The van der Waals surface area contributed by atoms with E-state index < -0.39 is 0 Å². The van der Waals surface area contributed by atoms with Crippen molar-refractivity contribution in [1.82, 2.24) is 14.4 Å². The lowest BCUT2D eigenvalue weighted by atomic mass is 10.1. The summed E-state index contributed by atoms with van der Waals surface area (Å²) >= 11 is 0. The van der Waals surface area contributed by atoms with Gasteiger partial charge in [0.1, 0.15) is 5.84 Å². The van der Waals surface area contributed by atoms with Crippen LogP contribution >= 0.6 is 0 Å². The second-order valence-corrected chi connectivity index (χ2v) is 7.19. The number of hydrogen-bond acceptors (Lipinski definition) is 2. The first-order chi connectivity index (χ1) is 12.1. The third kappa shape index (κ3) is 4.13. The van der Waals surface area contributed by atoms with Crippen LogP contribution in [-0.2, 0) is 6.42 Å². The van der Waals surface area contributed by atoms with Crippen LogP contribution in [0.2, 0.25) is 0 Å². The van der Waals surface area contributed by atoms with Crippen LogP contribution < -0.4 is 0 Å². The molecule has 0 N–H and O–H groups in total. The van der Waals surface area contributed by atoms with Crippen molar-refractivity contribution in [2.24, 2.45) is 4.99 Å². The van der Waals surface area contributed by atoms with Crippen LogP contribution in [0.5, 0.6) is 0 Å². The minimum absolute atomic E-state index is 0.486. The zero-order valence-corrected chi connectivity index (χ0v) is 15.9. The molecule has 0 saturated carbocycles. The Morgan fingerprint density at radius 3 is 2.60 bits per heavy atom. The predicted molar refractivity (Wildman–Crippen MR) is 108 cm³/mol. The lowest BCUT2D eigenvalue weighted by Gasteiger charge is -2.33. The Labute approximate surface area is 151 Å². The number of allylic oxidation sites excluding steroid dienone is 1. The quantitative estimate of drug-likeness (QED) is 0.628. The van der Waals surface area contributed by atoms with Gasteiger partial charge in [0.25, 0.3) is 0 Å². The molecule has 0 spiro atoms. The lowest BCUT2D eigenvalue weighted by Crippen LogP contribution is -2.46. The zero-order chi connectivity index (χ0) is 17.8. The van der Waals surface area contributed by atoms with Crippen LogP contribution in [0.3, 0.4) is 0 Å². The number of amidine groups is 1. The summed E-state index contributed by atoms with van der Waals surface area (Å²) in [6.07, 6.45) is 7.54. The molecule has 134 valence electrons. The van der Waals surface area contributed by atoms with Gasteiger partial charge in [-0.1, -0.05) is 18.2 Å². The molecular weight excluding hydrogens is 308 g/mol. The molecule has 0 bridgehead atoms. The van der Waals surface area contributed by atoms with Crippen LogP contribution in [0.25, 0.3) is 10.9 Å². The first-order valence-electron chi connectivity index (χ1n) is 9.25. The Hall–Kier alpha value is -2.07. The van der Waals surface area contributed by atoms with Gasteiger partial charge in [0.15, 0.2) is 0 Å². The zero-order valence-electron chi connectivity index (χ0n) is 15.9. The van der Waals surface area contributed by atoms with Gasteiger partial charge >= 0.3 is 0 Å². The lowest BCUT2D eigenvalue weighted by molar-refractivity contribution is 0.216. The molecule has 0 aliphatic carbocycles. The fourth-order valence-corrected chi connectivity index (χ4v) is 3.43. The molecule has 1 aliphatic rings. The first-order valence-corrected chi connectivity index (χ1v) is 9.25. The Morgan fingerprint density at radius 2 is 1.92 bits per heavy atom. The number of likely N-dealkylation sites (N-methyl/N-ethyl adjacent to an activating group) is 1. The molecule has 25 heavy (non-hydrogen) atoms. The van der Waals surface area contributed by atoms with Gasteiger partial charge in [-0.3, -0.25) is 4.99 Å². The Bertz CT molecular complexity index is 761. The maximum Gasteiger partial charge on any atom is 0.122 e. The van der Waals surface area contributed by atoms with Gasteiger partial charge in [-0.15, -0.1) is 0 Å². The van der Waals surface area contributed by atoms with Gasteiger partial charge in [0.05, 0.1) is 0 Å². The minimum Gasteiger partial charge on any atom is -0.354 e. The summed E-state index contributed by atoms with van der Waals surface area (Å²) in [6.45, 7) is 8.78. The molecule has 0 radical (unpaired) electrons. The molecule has 1 aromatic heterocycles. The van der Waals surface area contributed by atoms with Crippen molar-refractivity contribution in [1.29, 1.82) is 0 Å². The summed E-state index contributed by atoms with van der Waals surface area (Å²) in [5.74, 6) is 1.10. The molecule has 4 heteroatoms. The molecule has 4 nitrogen and oxygen atoms in total. The fourth-order valence-electron chi connectivity index (χ4n) is 3.43. The van der Waals surface area contributed by atoms with Gasteiger partial charge in [-0.05, 0) is 56.5 Å². The average molecular weight is 338 g/mol. The number of fused-ring (bicyclic) bond motifs is 1. The summed E-state index contributed by atoms with van der Waals surface area (Å²) in [6, 6.07) is 9.46. The number of aromatic nitrogens is 1. The molecular formula is C21H30N4. The molecule has 1 aromatic carbocycles. The number of rotatable bonds is 4. The highest BCUT2D eigenvalue weighted by Crippen LogP contribution is 2.21. The number of benzene rings is 1. The maximum absolute atomic E-state index is 4.48. The van der Waals surface area contributed by atoms with E-state index in [0.717, 1.165) is 38.4 Å². The van der Waals surface area contributed by atoms with Gasteiger partial charge in [0, 0.05) is 51.0 Å². The SMILES string of the molecule is C/N=C(\C=C/Cc1ccc2ccn(C(C)C)c2c1)N1CCN(C)CC1. The molecule has 1 aliphatic heterocycles. The number of hydrogen-bond donors (Lipinski definition) is 0.